The summed E-state index contributed by atoms with van der Waals surface area (Å²) in [7, 11) is 0. The maximum absolute atomic E-state index is 4.34. The molecule has 0 spiro atoms. The lowest BCUT2D eigenvalue weighted by molar-refractivity contribution is 1.00. The van der Waals surface area contributed by atoms with Crippen molar-refractivity contribution in [1.82, 2.24) is 9.55 Å². The molecule has 0 unspecified atom stereocenters. The van der Waals surface area contributed by atoms with Gasteiger partial charge >= 0.3 is 0 Å². The van der Waals surface area contributed by atoms with Crippen LogP contribution in [0.4, 0.5) is 0 Å². The predicted octanol–water partition coefficient (Wildman–Crippen LogP) is 1.78. The van der Waals surface area contributed by atoms with E-state index in [-0.39, 0.29) is 0 Å². The van der Waals surface area contributed by atoms with Gasteiger partial charge in [0.05, 0.1) is 0 Å². The highest BCUT2D eigenvalue weighted by atomic mass is 15.1. The monoisotopic (exact) mass is 156 g/mol. The molecule has 0 amide bonds. The van der Waals surface area contributed by atoms with Gasteiger partial charge in [-0.05, 0) is 18.2 Å². The minimum atomic E-state index is 1.02. The smallest absolute Gasteiger partial charge is 0.140 e. The molecule has 0 saturated carbocycles. The molecule has 0 atom stereocenters. The third kappa shape index (κ3) is 0.619. The highest BCUT2D eigenvalue weighted by Gasteiger charge is 2.16. The zero-order valence-corrected chi connectivity index (χ0v) is 6.57. The van der Waals surface area contributed by atoms with Crippen LogP contribution in [-0.4, -0.2) is 9.55 Å². The molecule has 2 nitrogen and oxygen atoms in total. The van der Waals surface area contributed by atoms with E-state index in [1.807, 2.05) is 12.3 Å². The second-order valence-electron chi connectivity index (χ2n) is 3.03. The lowest BCUT2D eigenvalue weighted by atomic mass is 10.2. The third-order valence-electron chi connectivity index (χ3n) is 2.30. The first-order chi connectivity index (χ1) is 5.95. The average Bonchev–Trinajstić information content (AvgIpc) is 2.62. The van der Waals surface area contributed by atoms with Gasteiger partial charge in [0.1, 0.15) is 5.82 Å². The van der Waals surface area contributed by atoms with Crippen LogP contribution in [0.3, 0.4) is 0 Å². The zero-order valence-electron chi connectivity index (χ0n) is 6.57. The summed E-state index contributed by atoms with van der Waals surface area (Å²) in [5.41, 5.74) is 2.66. The Hall–Kier alpha value is -1.57. The lowest BCUT2D eigenvalue weighted by Crippen LogP contribution is -1.91. The van der Waals surface area contributed by atoms with Crippen molar-refractivity contribution < 1.29 is 0 Å². The molecule has 1 aliphatic heterocycles. The molecular formula is C10H8N2. The number of nitrogens with zero attached hydrogens (tertiary/aromatic N) is 2. The quantitative estimate of drug-likeness (QED) is 0.485. The Kier molecular flexibility index (Phi) is 0.987. The Bertz CT molecular complexity index is 429. The van der Waals surface area contributed by atoms with Gasteiger partial charge < -0.3 is 4.57 Å². The molecule has 2 aromatic heterocycles. The highest BCUT2D eigenvalue weighted by molar-refractivity contribution is 5.44. The van der Waals surface area contributed by atoms with E-state index in [0.29, 0.717) is 0 Å². The molecule has 0 saturated heterocycles. The molecule has 1 aliphatic rings. The van der Waals surface area contributed by atoms with Gasteiger partial charge in [0.15, 0.2) is 0 Å². The molecule has 58 valence electrons. The molecule has 12 heavy (non-hydrogen) atoms. The highest BCUT2D eigenvalue weighted by Crippen LogP contribution is 2.25. The van der Waals surface area contributed by atoms with E-state index < -0.39 is 0 Å². The van der Waals surface area contributed by atoms with Gasteiger partial charge in [0, 0.05) is 30.1 Å². The summed E-state index contributed by atoms with van der Waals surface area (Å²) in [4.78, 5) is 4.34. The molecule has 3 heterocycles. The van der Waals surface area contributed by atoms with Crippen molar-refractivity contribution in [2.24, 2.45) is 0 Å². The second kappa shape index (κ2) is 1.97. The van der Waals surface area contributed by atoms with E-state index >= 15 is 0 Å². The molecule has 0 N–H and O–H groups in total. The number of fused-ring (bicyclic) bond motifs is 3. The Morgan fingerprint density at radius 3 is 3.25 bits per heavy atom. The molecule has 0 aromatic carbocycles. The maximum atomic E-state index is 4.34. The largest absolute Gasteiger partial charge is 0.305 e. The number of pyridine rings is 1. The lowest BCUT2D eigenvalue weighted by Gasteiger charge is -1.97. The fraction of sp³-hybridized carbons (Fsp3) is 0.100. The molecule has 0 fully saturated rings. The van der Waals surface area contributed by atoms with Gasteiger partial charge in [0.25, 0.3) is 0 Å². The Balaban J connectivity index is 2.34. The van der Waals surface area contributed by atoms with E-state index in [9.17, 15) is 0 Å². The number of hydrogen-bond donors (Lipinski definition) is 0. The summed E-state index contributed by atoms with van der Waals surface area (Å²) in [6, 6.07) is 8.33. The average molecular weight is 156 g/mol. The standard InChI is InChI=1S/C10H8N2/c1-3-8-7-9-4-2-6-12(9)10(8)11-5-1/h1-6H,7H2. The first kappa shape index (κ1) is 6.00. The van der Waals surface area contributed by atoms with Gasteiger partial charge in [-0.2, -0.15) is 0 Å². The fourth-order valence-electron chi connectivity index (χ4n) is 1.75. The van der Waals surface area contributed by atoms with Crippen LogP contribution >= 0.6 is 0 Å². The predicted molar refractivity (Wildman–Crippen MR) is 46.4 cm³/mol. The molecule has 0 aliphatic carbocycles. The van der Waals surface area contributed by atoms with Crippen LogP contribution in [0.2, 0.25) is 0 Å². The van der Waals surface area contributed by atoms with Gasteiger partial charge in [-0.15, -0.1) is 0 Å². The van der Waals surface area contributed by atoms with Crippen molar-refractivity contribution >= 4 is 0 Å². The van der Waals surface area contributed by atoms with E-state index in [4.69, 9.17) is 0 Å². The Morgan fingerprint density at radius 1 is 1.25 bits per heavy atom. The van der Waals surface area contributed by atoms with Crippen LogP contribution in [0, 0.1) is 0 Å². The maximum Gasteiger partial charge on any atom is 0.140 e. The minimum absolute atomic E-state index is 1.02. The third-order valence-corrected chi connectivity index (χ3v) is 2.30. The van der Waals surface area contributed by atoms with Crippen LogP contribution in [0.1, 0.15) is 11.3 Å². The number of rotatable bonds is 0. The SMILES string of the molecule is c1cnc2c(c1)Cc1cccn1-2. The van der Waals surface area contributed by atoms with Crippen LogP contribution < -0.4 is 0 Å². The van der Waals surface area contributed by atoms with Crippen LogP contribution in [0.15, 0.2) is 36.7 Å². The van der Waals surface area contributed by atoms with Gasteiger partial charge in [-0.3, -0.25) is 0 Å². The number of hydrogen-bond acceptors (Lipinski definition) is 1. The normalized spacial score (nSPS) is 12.7. The van der Waals surface area contributed by atoms with Crippen molar-refractivity contribution in [3.05, 3.63) is 47.9 Å². The molecule has 0 bridgehead atoms. The van der Waals surface area contributed by atoms with Crippen LogP contribution in [-0.2, 0) is 6.42 Å². The molecule has 2 heteroatoms. The second-order valence-corrected chi connectivity index (χ2v) is 3.03. The molecule has 2 aromatic rings. The van der Waals surface area contributed by atoms with Crippen molar-refractivity contribution in [3.63, 3.8) is 0 Å². The van der Waals surface area contributed by atoms with Gasteiger partial charge in [-0.25, -0.2) is 4.98 Å². The fourth-order valence-corrected chi connectivity index (χ4v) is 1.75. The topological polar surface area (TPSA) is 17.8 Å². The van der Waals surface area contributed by atoms with Crippen molar-refractivity contribution in [2.45, 2.75) is 6.42 Å². The van der Waals surface area contributed by atoms with Crippen molar-refractivity contribution in [3.8, 4) is 5.82 Å². The number of aromatic nitrogens is 2. The van der Waals surface area contributed by atoms with Crippen molar-refractivity contribution in [2.75, 3.05) is 0 Å². The molecule has 3 rings (SSSR count). The van der Waals surface area contributed by atoms with E-state index in [0.717, 1.165) is 12.2 Å². The van der Waals surface area contributed by atoms with Gasteiger partial charge in [0.2, 0.25) is 0 Å². The van der Waals surface area contributed by atoms with Crippen molar-refractivity contribution in [1.29, 1.82) is 0 Å². The molecular weight excluding hydrogens is 148 g/mol. The summed E-state index contributed by atoms with van der Waals surface area (Å²) in [6.07, 6.45) is 4.93. The van der Waals surface area contributed by atoms with Crippen LogP contribution in [0.25, 0.3) is 5.82 Å². The summed E-state index contributed by atoms with van der Waals surface area (Å²) < 4.78 is 2.15. The van der Waals surface area contributed by atoms with E-state index in [2.05, 4.69) is 33.9 Å². The summed E-state index contributed by atoms with van der Waals surface area (Å²) in [5.74, 6) is 1.09. The van der Waals surface area contributed by atoms with E-state index in [1.54, 1.807) is 0 Å². The van der Waals surface area contributed by atoms with Crippen LogP contribution in [0.5, 0.6) is 0 Å². The Morgan fingerprint density at radius 2 is 2.25 bits per heavy atom. The summed E-state index contributed by atoms with van der Waals surface area (Å²) >= 11 is 0. The first-order valence-corrected chi connectivity index (χ1v) is 4.06. The van der Waals surface area contributed by atoms with E-state index in [1.165, 1.54) is 11.3 Å². The first-order valence-electron chi connectivity index (χ1n) is 4.06. The summed E-state index contributed by atoms with van der Waals surface area (Å²) in [5, 5.41) is 0. The molecule has 0 radical (unpaired) electrons. The minimum Gasteiger partial charge on any atom is -0.305 e. The zero-order chi connectivity index (χ0) is 7.97. The van der Waals surface area contributed by atoms with Gasteiger partial charge in [-0.1, -0.05) is 6.07 Å². The summed E-state index contributed by atoms with van der Waals surface area (Å²) in [6.45, 7) is 0. The Labute approximate surface area is 70.5 Å².